The lowest BCUT2D eigenvalue weighted by atomic mass is 9.59. The van der Waals surface area contributed by atoms with Crippen molar-refractivity contribution < 1.29 is 39.6 Å². The number of aliphatic hydroxyl groups is 3. The smallest absolute Gasteiger partial charge is 0.255 e. The van der Waals surface area contributed by atoms with Crippen LogP contribution in [-0.4, -0.2) is 74.8 Å². The normalized spacial score (nSPS) is 26.4. The minimum absolute atomic E-state index is 0.0118. The Morgan fingerprint density at radius 2 is 1.82 bits per heavy atom. The summed E-state index contributed by atoms with van der Waals surface area (Å²) in [6.45, 7) is 0.204. The quantitative estimate of drug-likeness (QED) is 0.373. The van der Waals surface area contributed by atoms with Crippen LogP contribution in [0.5, 0.6) is 5.75 Å². The van der Waals surface area contributed by atoms with Gasteiger partial charge < -0.3 is 31.1 Å². The van der Waals surface area contributed by atoms with E-state index in [1.165, 1.54) is 6.07 Å². The second kappa shape index (κ2) is 8.07. The number of nitrogens with two attached hydrogens (primary N) is 1. The molecule has 3 aliphatic carbocycles. The summed E-state index contributed by atoms with van der Waals surface area (Å²) < 4.78 is 0. The number of fused-ring (bicyclic) bond motifs is 3. The lowest BCUT2D eigenvalue weighted by Crippen LogP contribution is -2.58. The zero-order chi connectivity index (χ0) is 25.1. The van der Waals surface area contributed by atoms with E-state index in [1.807, 2.05) is 0 Å². The second-order valence-electron chi connectivity index (χ2n) is 9.46. The summed E-state index contributed by atoms with van der Waals surface area (Å²) in [7, 11) is 3.53. The topological polar surface area (TPSA) is 178 Å². The van der Waals surface area contributed by atoms with Crippen molar-refractivity contribution >= 4 is 29.0 Å². The Hall–Kier alpha value is -3.50. The van der Waals surface area contributed by atoms with Crippen molar-refractivity contribution in [3.63, 3.8) is 0 Å². The number of benzene rings is 1. The Labute approximate surface area is 195 Å². The number of carbonyl (C=O) groups is 4. The van der Waals surface area contributed by atoms with Crippen LogP contribution in [0.3, 0.4) is 0 Å². The van der Waals surface area contributed by atoms with E-state index in [1.54, 1.807) is 25.1 Å². The van der Waals surface area contributed by atoms with E-state index in [2.05, 4.69) is 0 Å². The van der Waals surface area contributed by atoms with Crippen molar-refractivity contribution in [3.05, 3.63) is 45.7 Å². The number of carbonyl (C=O) groups excluding carboxylic acids is 4. The molecule has 0 saturated heterocycles. The fourth-order valence-electron chi connectivity index (χ4n) is 5.47. The summed E-state index contributed by atoms with van der Waals surface area (Å²) in [5.74, 6) is -6.80. The number of hydrogen-bond acceptors (Lipinski definition) is 9. The van der Waals surface area contributed by atoms with E-state index in [0.29, 0.717) is 11.1 Å². The van der Waals surface area contributed by atoms with Crippen LogP contribution in [0.1, 0.15) is 29.5 Å². The van der Waals surface area contributed by atoms with Gasteiger partial charge in [0.15, 0.2) is 17.2 Å². The van der Waals surface area contributed by atoms with Crippen molar-refractivity contribution in [1.29, 1.82) is 0 Å². The Bertz CT molecular complexity index is 1210. The number of ketones is 3. The van der Waals surface area contributed by atoms with Crippen LogP contribution >= 0.6 is 0 Å². The van der Waals surface area contributed by atoms with E-state index in [4.69, 9.17) is 5.73 Å². The summed E-state index contributed by atoms with van der Waals surface area (Å²) in [6.07, 6.45) is -0.103. The number of amides is 1. The molecular formula is C24H26N2O8. The van der Waals surface area contributed by atoms with Crippen LogP contribution in [0.4, 0.5) is 0 Å². The molecular weight excluding hydrogens is 444 g/mol. The van der Waals surface area contributed by atoms with Gasteiger partial charge in [0, 0.05) is 24.3 Å². The molecule has 0 spiro atoms. The number of primary amides is 1. The molecule has 1 amide bonds. The maximum atomic E-state index is 13.4. The van der Waals surface area contributed by atoms with Gasteiger partial charge in [0.1, 0.15) is 22.8 Å². The van der Waals surface area contributed by atoms with Crippen LogP contribution in [0.25, 0.3) is 5.76 Å². The first-order chi connectivity index (χ1) is 15.9. The average molecular weight is 470 g/mol. The van der Waals surface area contributed by atoms with Gasteiger partial charge in [-0.2, -0.15) is 0 Å². The van der Waals surface area contributed by atoms with Crippen molar-refractivity contribution in [1.82, 2.24) is 4.90 Å². The van der Waals surface area contributed by atoms with Gasteiger partial charge in [0.25, 0.3) is 5.91 Å². The number of aliphatic hydroxyl groups excluding tert-OH is 2. The highest BCUT2D eigenvalue weighted by Gasteiger charge is 2.60. The highest BCUT2D eigenvalue weighted by Crippen LogP contribution is 2.52. The fourth-order valence-corrected chi connectivity index (χ4v) is 5.47. The number of Topliss-reactive ketones (excluding diaryl/α,β-unsaturated/α-hetero) is 3. The second-order valence-corrected chi connectivity index (χ2v) is 9.46. The molecule has 0 aliphatic heterocycles. The van der Waals surface area contributed by atoms with E-state index in [9.17, 15) is 39.6 Å². The molecule has 180 valence electrons. The maximum Gasteiger partial charge on any atom is 0.255 e. The first-order valence-electron chi connectivity index (χ1n) is 10.8. The zero-order valence-corrected chi connectivity index (χ0v) is 18.8. The van der Waals surface area contributed by atoms with Crippen LogP contribution in [0.15, 0.2) is 29.0 Å². The van der Waals surface area contributed by atoms with Gasteiger partial charge >= 0.3 is 0 Å². The highest BCUT2D eigenvalue weighted by molar-refractivity contribution is 6.22. The predicted molar refractivity (Wildman–Crippen MR) is 119 cm³/mol. The molecule has 10 heteroatoms. The molecule has 1 aromatic carbocycles. The SMILES string of the molecule is CN(C)CC(=O)Cc1ccc(O)c2c1C[C@H]1C[C@H]3CC(=O)C(C(N)=O)=C(O)[C@@]3(O)C(=O)C1=C2O. The van der Waals surface area contributed by atoms with E-state index >= 15 is 0 Å². The largest absolute Gasteiger partial charge is 0.508 e. The van der Waals surface area contributed by atoms with Gasteiger partial charge in [-0.25, -0.2) is 0 Å². The van der Waals surface area contributed by atoms with Gasteiger partial charge in [-0.3, -0.25) is 19.2 Å². The van der Waals surface area contributed by atoms with E-state index < -0.39 is 52.0 Å². The fraction of sp³-hybridized carbons (Fsp3) is 0.417. The standard InChI is InChI=1S/C24H26N2O8/c1-26(2)9-13(27)6-10-3-4-15(28)18-14(10)7-11-5-12-8-16(29)19(23(25)33)22(32)24(12,34)21(31)17(11)20(18)30/h3-4,11-12,28,30,32,34H,5-9H2,1-2H3,(H2,25,33)/t11-,12+,24+/m1/s1. The molecule has 1 fully saturated rings. The summed E-state index contributed by atoms with van der Waals surface area (Å²) in [4.78, 5) is 51.7. The lowest BCUT2D eigenvalue weighted by molar-refractivity contribution is -0.147. The number of aromatic hydroxyl groups is 1. The third kappa shape index (κ3) is 3.41. The Kier molecular flexibility index (Phi) is 5.61. The van der Waals surface area contributed by atoms with Gasteiger partial charge in [-0.1, -0.05) is 6.07 Å². The molecule has 1 saturated carbocycles. The average Bonchev–Trinajstić information content (AvgIpc) is 2.71. The molecule has 0 heterocycles. The summed E-state index contributed by atoms with van der Waals surface area (Å²) in [5.41, 5.74) is 2.65. The molecule has 0 radical (unpaired) electrons. The van der Waals surface area contributed by atoms with E-state index in [0.717, 1.165) is 0 Å². The maximum absolute atomic E-state index is 13.4. The third-order valence-electron chi connectivity index (χ3n) is 6.92. The summed E-state index contributed by atoms with van der Waals surface area (Å²) in [5, 5.41) is 43.3. The molecule has 0 aromatic heterocycles. The van der Waals surface area contributed by atoms with Gasteiger partial charge in [-0.15, -0.1) is 0 Å². The molecule has 1 aromatic rings. The number of hydrogen-bond donors (Lipinski definition) is 5. The molecule has 0 bridgehead atoms. The summed E-state index contributed by atoms with van der Waals surface area (Å²) in [6, 6.07) is 2.92. The Morgan fingerprint density at radius 3 is 2.44 bits per heavy atom. The number of nitrogens with zero attached hydrogens (tertiary/aromatic N) is 1. The number of rotatable bonds is 5. The Morgan fingerprint density at radius 1 is 1.15 bits per heavy atom. The van der Waals surface area contributed by atoms with Crippen molar-refractivity contribution in [2.24, 2.45) is 17.6 Å². The summed E-state index contributed by atoms with van der Waals surface area (Å²) >= 11 is 0. The first-order valence-corrected chi connectivity index (χ1v) is 10.8. The minimum Gasteiger partial charge on any atom is -0.508 e. The number of likely N-dealkylation sites (N-methyl/N-ethyl adjacent to an activating group) is 1. The minimum atomic E-state index is -2.59. The van der Waals surface area contributed by atoms with Gasteiger partial charge in [-0.05, 0) is 50.0 Å². The zero-order valence-electron chi connectivity index (χ0n) is 18.8. The Balaban J connectivity index is 1.84. The molecule has 10 nitrogen and oxygen atoms in total. The number of phenols is 1. The van der Waals surface area contributed by atoms with Gasteiger partial charge in [0.2, 0.25) is 5.78 Å². The highest BCUT2D eigenvalue weighted by atomic mass is 16.3. The molecule has 0 unspecified atom stereocenters. The monoisotopic (exact) mass is 470 g/mol. The van der Waals surface area contributed by atoms with Gasteiger partial charge in [0.05, 0.1) is 12.1 Å². The van der Waals surface area contributed by atoms with E-state index in [-0.39, 0.29) is 54.9 Å². The lowest BCUT2D eigenvalue weighted by Gasteiger charge is -2.46. The van der Waals surface area contributed by atoms with Crippen molar-refractivity contribution in [2.75, 3.05) is 20.6 Å². The first kappa shape index (κ1) is 23.7. The predicted octanol–water partition coefficient (Wildman–Crippen LogP) is 0.0971. The molecule has 3 aliphatic rings. The molecule has 4 rings (SSSR count). The van der Waals surface area contributed by atoms with Crippen molar-refractivity contribution in [2.45, 2.75) is 31.3 Å². The number of phenolic OH excluding ortho intramolecular Hbond substituents is 1. The molecule has 34 heavy (non-hydrogen) atoms. The van der Waals surface area contributed by atoms with Crippen LogP contribution in [0.2, 0.25) is 0 Å². The van der Waals surface area contributed by atoms with Crippen LogP contribution in [0, 0.1) is 11.8 Å². The van der Waals surface area contributed by atoms with Crippen LogP contribution in [-0.2, 0) is 32.0 Å². The molecule has 3 atom stereocenters. The third-order valence-corrected chi connectivity index (χ3v) is 6.92. The van der Waals surface area contributed by atoms with Crippen molar-refractivity contribution in [3.8, 4) is 5.75 Å². The van der Waals surface area contributed by atoms with Crippen LogP contribution < -0.4 is 5.73 Å². The molecule has 6 N–H and O–H groups in total.